The highest BCUT2D eigenvalue weighted by Gasteiger charge is 2.49. The molecule has 1 aromatic heterocycles. The van der Waals surface area contributed by atoms with Crippen molar-refractivity contribution in [3.63, 3.8) is 0 Å². The maximum atomic E-state index is 6.02. The van der Waals surface area contributed by atoms with Crippen molar-refractivity contribution in [1.82, 2.24) is 10.2 Å². The predicted octanol–water partition coefficient (Wildman–Crippen LogP) is 2.11. The van der Waals surface area contributed by atoms with Crippen LogP contribution in [-0.2, 0) is 0 Å². The van der Waals surface area contributed by atoms with Gasteiger partial charge in [-0.2, -0.15) is 5.10 Å². The third-order valence-corrected chi connectivity index (χ3v) is 5.42. The minimum absolute atomic E-state index is 0.585. The minimum atomic E-state index is 0.585. The molecular weight excluding hydrogens is 212 g/mol. The first kappa shape index (κ1) is 9.80. The standard InChI is InChI=1S/C13H20N4/c14-12-11(13(15)17-16-12)10-8-2-6-1-7(4-8)5-9(10)3-6/h6-10H,1-5H2,(H5,14,15,16,17). The van der Waals surface area contributed by atoms with E-state index in [-0.39, 0.29) is 0 Å². The average Bonchev–Trinajstić information content (AvgIpc) is 2.59. The van der Waals surface area contributed by atoms with Crippen molar-refractivity contribution in [2.45, 2.75) is 38.0 Å². The minimum Gasteiger partial charge on any atom is -0.384 e. The molecular formula is C13H20N4. The third kappa shape index (κ3) is 1.27. The van der Waals surface area contributed by atoms with E-state index in [1.165, 1.54) is 32.1 Å². The highest BCUT2D eigenvalue weighted by atomic mass is 15.2. The summed E-state index contributed by atoms with van der Waals surface area (Å²) in [5, 5.41) is 6.93. The molecule has 4 fully saturated rings. The van der Waals surface area contributed by atoms with Gasteiger partial charge < -0.3 is 11.5 Å². The van der Waals surface area contributed by atoms with Gasteiger partial charge in [0.25, 0.3) is 0 Å². The molecule has 0 saturated heterocycles. The van der Waals surface area contributed by atoms with E-state index < -0.39 is 0 Å². The van der Waals surface area contributed by atoms with E-state index in [0.717, 1.165) is 29.2 Å². The van der Waals surface area contributed by atoms with E-state index in [9.17, 15) is 0 Å². The van der Waals surface area contributed by atoms with Crippen LogP contribution in [0, 0.1) is 23.7 Å². The van der Waals surface area contributed by atoms with Gasteiger partial charge in [0.1, 0.15) is 5.82 Å². The van der Waals surface area contributed by atoms with Gasteiger partial charge in [-0.15, -0.1) is 0 Å². The van der Waals surface area contributed by atoms with Crippen LogP contribution in [0.25, 0.3) is 0 Å². The Morgan fingerprint density at radius 3 is 2.00 bits per heavy atom. The van der Waals surface area contributed by atoms with Crippen LogP contribution < -0.4 is 11.5 Å². The Morgan fingerprint density at radius 2 is 1.53 bits per heavy atom. The van der Waals surface area contributed by atoms with Crippen molar-refractivity contribution < 1.29 is 0 Å². The first-order chi connectivity index (χ1) is 8.22. The molecule has 0 aromatic carbocycles. The zero-order valence-corrected chi connectivity index (χ0v) is 10.0. The molecule has 17 heavy (non-hydrogen) atoms. The summed E-state index contributed by atoms with van der Waals surface area (Å²) in [7, 11) is 0. The summed E-state index contributed by atoms with van der Waals surface area (Å²) in [6.07, 6.45) is 7.04. The Bertz CT molecular complexity index is 403. The lowest BCUT2D eigenvalue weighted by atomic mass is 9.51. The van der Waals surface area contributed by atoms with Crippen LogP contribution >= 0.6 is 0 Å². The summed E-state index contributed by atoms with van der Waals surface area (Å²) in [5.41, 5.74) is 13.2. The SMILES string of the molecule is Nc1n[nH]c(N)c1C1C2CC3CC(C2)CC1C3. The van der Waals surface area contributed by atoms with Gasteiger partial charge in [-0.3, -0.25) is 5.10 Å². The van der Waals surface area contributed by atoms with E-state index in [0.29, 0.717) is 17.6 Å². The number of anilines is 2. The molecule has 0 radical (unpaired) electrons. The molecule has 4 bridgehead atoms. The normalized spacial score (nSPS) is 43.2. The van der Waals surface area contributed by atoms with E-state index >= 15 is 0 Å². The molecule has 1 heterocycles. The predicted molar refractivity (Wildman–Crippen MR) is 67.2 cm³/mol. The molecule has 0 aliphatic heterocycles. The molecule has 92 valence electrons. The van der Waals surface area contributed by atoms with E-state index in [1.807, 2.05) is 0 Å². The molecule has 4 aliphatic rings. The molecule has 4 nitrogen and oxygen atoms in total. The van der Waals surface area contributed by atoms with Gasteiger partial charge in [-0.25, -0.2) is 0 Å². The Morgan fingerprint density at radius 1 is 0.941 bits per heavy atom. The quantitative estimate of drug-likeness (QED) is 0.693. The second-order valence-corrected chi connectivity index (χ2v) is 6.39. The fraction of sp³-hybridized carbons (Fsp3) is 0.769. The summed E-state index contributed by atoms with van der Waals surface area (Å²) in [6, 6.07) is 0. The van der Waals surface area contributed by atoms with Crippen LogP contribution in [0.4, 0.5) is 11.6 Å². The maximum absolute atomic E-state index is 6.02. The molecule has 5 N–H and O–H groups in total. The van der Waals surface area contributed by atoms with Crippen molar-refractivity contribution in [2.75, 3.05) is 11.5 Å². The lowest BCUT2D eigenvalue weighted by Gasteiger charge is -2.54. The number of hydrogen-bond acceptors (Lipinski definition) is 3. The Labute approximate surface area is 101 Å². The maximum Gasteiger partial charge on any atom is 0.150 e. The van der Waals surface area contributed by atoms with Gasteiger partial charge in [0.05, 0.1) is 0 Å². The van der Waals surface area contributed by atoms with Gasteiger partial charge in [0.2, 0.25) is 0 Å². The number of nitrogens with one attached hydrogen (secondary N) is 1. The molecule has 1 aromatic rings. The van der Waals surface area contributed by atoms with Crippen LogP contribution in [0.3, 0.4) is 0 Å². The molecule has 0 spiro atoms. The molecule has 0 atom stereocenters. The van der Waals surface area contributed by atoms with Crippen molar-refractivity contribution >= 4 is 11.6 Å². The second-order valence-electron chi connectivity index (χ2n) is 6.39. The first-order valence-corrected chi connectivity index (χ1v) is 6.81. The number of nitrogens with two attached hydrogens (primary N) is 2. The van der Waals surface area contributed by atoms with Gasteiger partial charge in [-0.1, -0.05) is 0 Å². The molecule has 4 aliphatic carbocycles. The second kappa shape index (κ2) is 3.18. The van der Waals surface area contributed by atoms with Crippen LogP contribution in [0.2, 0.25) is 0 Å². The first-order valence-electron chi connectivity index (χ1n) is 6.81. The van der Waals surface area contributed by atoms with Crippen molar-refractivity contribution in [2.24, 2.45) is 23.7 Å². The molecule has 4 saturated carbocycles. The molecule has 0 unspecified atom stereocenters. The van der Waals surface area contributed by atoms with Gasteiger partial charge in [0.15, 0.2) is 5.82 Å². The van der Waals surface area contributed by atoms with Gasteiger partial charge >= 0.3 is 0 Å². The molecule has 4 heteroatoms. The fourth-order valence-corrected chi connectivity index (χ4v) is 5.13. The summed E-state index contributed by atoms with van der Waals surface area (Å²) in [6.45, 7) is 0. The van der Waals surface area contributed by atoms with Crippen LogP contribution in [0.1, 0.15) is 43.6 Å². The number of nitrogens with zero attached hydrogens (tertiary/aromatic N) is 1. The van der Waals surface area contributed by atoms with Crippen LogP contribution in [0.5, 0.6) is 0 Å². The van der Waals surface area contributed by atoms with E-state index in [1.54, 1.807) is 0 Å². The smallest absolute Gasteiger partial charge is 0.150 e. The Balaban J connectivity index is 1.75. The monoisotopic (exact) mass is 232 g/mol. The zero-order valence-electron chi connectivity index (χ0n) is 10.0. The third-order valence-electron chi connectivity index (χ3n) is 5.42. The average molecular weight is 232 g/mol. The number of hydrogen-bond donors (Lipinski definition) is 3. The van der Waals surface area contributed by atoms with E-state index in [2.05, 4.69) is 10.2 Å². The topological polar surface area (TPSA) is 80.7 Å². The number of nitrogen functional groups attached to an aromatic ring is 2. The Kier molecular flexibility index (Phi) is 1.83. The van der Waals surface area contributed by atoms with Gasteiger partial charge in [0, 0.05) is 5.56 Å². The lowest BCUT2D eigenvalue weighted by Crippen LogP contribution is -2.44. The van der Waals surface area contributed by atoms with Crippen molar-refractivity contribution in [3.05, 3.63) is 5.56 Å². The molecule has 0 amide bonds. The summed E-state index contributed by atoms with van der Waals surface area (Å²) >= 11 is 0. The zero-order chi connectivity index (χ0) is 11.6. The largest absolute Gasteiger partial charge is 0.384 e. The van der Waals surface area contributed by atoms with Crippen LogP contribution in [0.15, 0.2) is 0 Å². The van der Waals surface area contributed by atoms with Crippen molar-refractivity contribution in [3.8, 4) is 0 Å². The lowest BCUT2D eigenvalue weighted by molar-refractivity contribution is -0.00231. The highest BCUT2D eigenvalue weighted by Crippen LogP contribution is 2.60. The number of aromatic nitrogens is 2. The van der Waals surface area contributed by atoms with Gasteiger partial charge in [-0.05, 0) is 61.7 Å². The number of H-pyrrole nitrogens is 1. The summed E-state index contributed by atoms with van der Waals surface area (Å²) < 4.78 is 0. The molecule has 5 rings (SSSR count). The highest BCUT2D eigenvalue weighted by molar-refractivity contribution is 5.56. The summed E-state index contributed by atoms with van der Waals surface area (Å²) in [4.78, 5) is 0. The van der Waals surface area contributed by atoms with Crippen molar-refractivity contribution in [1.29, 1.82) is 0 Å². The number of rotatable bonds is 1. The summed E-state index contributed by atoms with van der Waals surface area (Å²) in [5.74, 6) is 5.54. The van der Waals surface area contributed by atoms with Crippen LogP contribution in [-0.4, -0.2) is 10.2 Å². The Hall–Kier alpha value is -1.19. The fourth-order valence-electron chi connectivity index (χ4n) is 5.13. The van der Waals surface area contributed by atoms with E-state index in [4.69, 9.17) is 11.5 Å². The number of aromatic amines is 1.